The van der Waals surface area contributed by atoms with Crippen LogP contribution in [0.15, 0.2) is 109 Å². The SMILES string of the molecule is CC/C=C\C/C=C\C/C=C\C/C=C\C/C=C\CC(=O)OCC(COC1OC(C(=O)O)C(O)C(O)C1OC(=O)CCCCCCCCCCCCCCCCCCCCC)OC(=O)CC/C=C\C/C=C\C/C=C\C/C=C\CC. The molecule has 12 nitrogen and oxygen atoms in total. The minimum absolute atomic E-state index is 0.0182. The number of aliphatic carboxylic acids is 1. The van der Waals surface area contributed by atoms with Gasteiger partial charge in [0.05, 0.1) is 13.0 Å². The number of hydrogen-bond donors (Lipinski definition) is 3. The summed E-state index contributed by atoms with van der Waals surface area (Å²) in [5, 5.41) is 31.5. The molecule has 12 heteroatoms. The van der Waals surface area contributed by atoms with Gasteiger partial charge in [-0.15, -0.1) is 0 Å². The molecule has 0 aliphatic carbocycles. The van der Waals surface area contributed by atoms with E-state index in [2.05, 4.69) is 93.7 Å². The number of unbranched alkanes of at least 4 members (excludes halogenated alkanes) is 18. The average molecular weight is 1080 g/mol. The van der Waals surface area contributed by atoms with E-state index in [1.165, 1.54) is 89.9 Å². The lowest BCUT2D eigenvalue weighted by molar-refractivity contribution is -0.301. The van der Waals surface area contributed by atoms with Crippen LogP contribution in [0.1, 0.15) is 226 Å². The van der Waals surface area contributed by atoms with Gasteiger partial charge in [0.1, 0.15) is 18.8 Å². The number of rotatable bonds is 49. The molecule has 3 N–H and O–H groups in total. The summed E-state index contributed by atoms with van der Waals surface area (Å²) < 4.78 is 28.2. The summed E-state index contributed by atoms with van der Waals surface area (Å²) in [7, 11) is 0. The topological polar surface area (TPSA) is 175 Å². The van der Waals surface area contributed by atoms with E-state index in [4.69, 9.17) is 23.7 Å². The summed E-state index contributed by atoms with van der Waals surface area (Å²) in [6, 6.07) is 0. The van der Waals surface area contributed by atoms with Gasteiger partial charge in [0.25, 0.3) is 0 Å². The van der Waals surface area contributed by atoms with Crippen molar-refractivity contribution in [1.29, 1.82) is 0 Å². The highest BCUT2D eigenvalue weighted by Crippen LogP contribution is 2.26. The number of carboxylic acids is 1. The van der Waals surface area contributed by atoms with E-state index in [0.717, 1.165) is 70.6 Å². The first-order chi connectivity index (χ1) is 37.6. The van der Waals surface area contributed by atoms with E-state index in [0.29, 0.717) is 25.7 Å². The van der Waals surface area contributed by atoms with Crippen molar-refractivity contribution < 1.29 is 58.2 Å². The number of aliphatic hydroxyl groups excluding tert-OH is 2. The van der Waals surface area contributed by atoms with Crippen LogP contribution in [0.4, 0.5) is 0 Å². The van der Waals surface area contributed by atoms with Crippen molar-refractivity contribution in [2.75, 3.05) is 13.2 Å². The molecule has 1 heterocycles. The van der Waals surface area contributed by atoms with Crippen LogP contribution in [0.25, 0.3) is 0 Å². The molecule has 0 amide bonds. The first-order valence-electron chi connectivity index (χ1n) is 29.9. The molecule has 0 aromatic carbocycles. The van der Waals surface area contributed by atoms with Crippen molar-refractivity contribution in [2.24, 2.45) is 0 Å². The fraction of sp³-hybridized carbons (Fsp3) is 0.662. The van der Waals surface area contributed by atoms with Gasteiger partial charge in [-0.05, 0) is 70.6 Å². The Bertz CT molecular complexity index is 1750. The molecule has 0 saturated carbocycles. The van der Waals surface area contributed by atoms with Crippen LogP contribution in [-0.4, -0.2) is 89.2 Å². The summed E-state index contributed by atoms with van der Waals surface area (Å²) in [4.78, 5) is 51.0. The van der Waals surface area contributed by atoms with Crippen LogP contribution in [0, 0.1) is 0 Å². The fourth-order valence-corrected chi connectivity index (χ4v) is 8.40. The Balaban J connectivity index is 2.74. The number of ether oxygens (including phenoxy) is 5. The largest absolute Gasteiger partial charge is 0.479 e. The zero-order valence-electron chi connectivity index (χ0n) is 47.9. The molecule has 1 rings (SSSR count). The van der Waals surface area contributed by atoms with Crippen LogP contribution in [0.3, 0.4) is 0 Å². The van der Waals surface area contributed by atoms with Crippen molar-refractivity contribution >= 4 is 23.9 Å². The lowest BCUT2D eigenvalue weighted by Gasteiger charge is -2.40. The summed E-state index contributed by atoms with van der Waals surface area (Å²) in [6.07, 6.45) is 58.3. The van der Waals surface area contributed by atoms with Crippen LogP contribution in [0.5, 0.6) is 0 Å². The lowest BCUT2D eigenvalue weighted by Crippen LogP contribution is -2.61. The molecule has 0 bridgehead atoms. The third kappa shape index (κ3) is 42.1. The number of carbonyl (C=O) groups is 4. The van der Waals surface area contributed by atoms with E-state index < -0.39 is 73.9 Å². The highest BCUT2D eigenvalue weighted by Gasteiger charge is 2.50. The van der Waals surface area contributed by atoms with Crippen molar-refractivity contribution in [2.45, 2.75) is 263 Å². The molecule has 6 atom stereocenters. The molecule has 1 aliphatic heterocycles. The molecule has 1 fully saturated rings. The Morgan fingerprint density at radius 3 is 1.29 bits per heavy atom. The number of carbonyl (C=O) groups excluding carboxylic acids is 3. The number of hydrogen-bond acceptors (Lipinski definition) is 11. The van der Waals surface area contributed by atoms with Gasteiger partial charge in [-0.3, -0.25) is 14.4 Å². The van der Waals surface area contributed by atoms with Gasteiger partial charge in [-0.1, -0.05) is 246 Å². The highest BCUT2D eigenvalue weighted by atomic mass is 16.7. The quantitative estimate of drug-likeness (QED) is 0.0228. The molecule has 1 saturated heterocycles. The summed E-state index contributed by atoms with van der Waals surface area (Å²) in [6.45, 7) is 5.61. The number of allylic oxidation sites excluding steroid dienone is 17. The van der Waals surface area contributed by atoms with E-state index >= 15 is 0 Å². The lowest BCUT2D eigenvalue weighted by atomic mass is 9.98. The molecule has 1 aliphatic rings. The fourth-order valence-electron chi connectivity index (χ4n) is 8.40. The molecular formula is C65H104O12. The Labute approximate surface area is 465 Å². The Kier molecular flexibility index (Phi) is 47.6. The summed E-state index contributed by atoms with van der Waals surface area (Å²) in [5.74, 6) is -3.40. The average Bonchev–Trinajstić information content (AvgIpc) is 3.42. The van der Waals surface area contributed by atoms with Crippen molar-refractivity contribution in [3.05, 3.63) is 109 Å². The van der Waals surface area contributed by atoms with Crippen molar-refractivity contribution in [1.82, 2.24) is 0 Å². The standard InChI is InChI=1S/C65H104O12/c1-4-7-10-13-16-19-22-25-27-28-29-30-32-35-38-41-44-47-50-53-59(68)76-63-61(70)60(69)62(64(71)72)77-65(63)74-55-56(75-58(67)52-49-46-43-40-37-33-24-21-18-15-12-9-6-3)54-73-57(66)51-48-45-42-39-36-34-31-26-23-20-17-14-11-8-5-2/h8-9,11-12,17-18,20-21,26,31,33,36-37,39,43,45-46,48,56,60-63,65,69-70H,4-7,10,13-16,19,22-25,27-30,32,34-35,38,40-42,44,47,49-55H2,1-3H3,(H,71,72)/b11-8-,12-9-,20-17-,21-18-,31-26-,37-33-,39-36-,46-43-,48-45-. The van der Waals surface area contributed by atoms with Gasteiger partial charge in [0, 0.05) is 12.8 Å². The second-order valence-corrected chi connectivity index (χ2v) is 19.9. The molecule has 0 aromatic rings. The smallest absolute Gasteiger partial charge is 0.335 e. The Morgan fingerprint density at radius 2 is 0.857 bits per heavy atom. The van der Waals surface area contributed by atoms with Crippen LogP contribution in [-0.2, 0) is 42.9 Å². The van der Waals surface area contributed by atoms with Gasteiger partial charge in [0.15, 0.2) is 24.6 Å². The number of carboxylic acid groups (broad SMARTS) is 1. The Morgan fingerprint density at radius 1 is 0.455 bits per heavy atom. The van der Waals surface area contributed by atoms with E-state index in [9.17, 15) is 34.5 Å². The first kappa shape index (κ1) is 70.4. The molecular weight excluding hydrogens is 973 g/mol. The molecule has 6 unspecified atom stereocenters. The third-order valence-corrected chi connectivity index (χ3v) is 12.9. The minimum Gasteiger partial charge on any atom is -0.479 e. The van der Waals surface area contributed by atoms with E-state index in [1.807, 2.05) is 30.4 Å². The summed E-state index contributed by atoms with van der Waals surface area (Å²) in [5.41, 5.74) is 0. The second kappa shape index (κ2) is 52.1. The van der Waals surface area contributed by atoms with Crippen LogP contribution >= 0.6 is 0 Å². The molecule has 436 valence electrons. The predicted octanol–water partition coefficient (Wildman–Crippen LogP) is 15.4. The third-order valence-electron chi connectivity index (χ3n) is 12.9. The van der Waals surface area contributed by atoms with Gasteiger partial charge < -0.3 is 39.0 Å². The van der Waals surface area contributed by atoms with Gasteiger partial charge in [-0.2, -0.15) is 0 Å². The minimum atomic E-state index is -1.93. The highest BCUT2D eigenvalue weighted by molar-refractivity contribution is 5.74. The monoisotopic (exact) mass is 1080 g/mol. The molecule has 0 aromatic heterocycles. The second-order valence-electron chi connectivity index (χ2n) is 19.9. The zero-order valence-corrected chi connectivity index (χ0v) is 47.9. The maximum absolute atomic E-state index is 13.1. The molecule has 0 radical (unpaired) electrons. The molecule has 0 spiro atoms. The number of aliphatic hydroxyl groups is 2. The Hall–Kier alpha value is -4.62. The molecule has 77 heavy (non-hydrogen) atoms. The van der Waals surface area contributed by atoms with Crippen LogP contribution < -0.4 is 0 Å². The normalized spacial score (nSPS) is 18.8. The zero-order chi connectivity index (χ0) is 56.1. The van der Waals surface area contributed by atoms with Gasteiger partial charge >= 0.3 is 23.9 Å². The van der Waals surface area contributed by atoms with Gasteiger partial charge in [-0.25, -0.2) is 4.79 Å². The maximum Gasteiger partial charge on any atom is 0.335 e. The van der Waals surface area contributed by atoms with E-state index in [1.54, 1.807) is 6.08 Å². The van der Waals surface area contributed by atoms with Crippen molar-refractivity contribution in [3.63, 3.8) is 0 Å². The maximum atomic E-state index is 13.1. The first-order valence-corrected chi connectivity index (χ1v) is 29.9. The predicted molar refractivity (Wildman–Crippen MR) is 312 cm³/mol. The van der Waals surface area contributed by atoms with Gasteiger partial charge in [0.2, 0.25) is 0 Å². The van der Waals surface area contributed by atoms with E-state index in [-0.39, 0.29) is 19.3 Å². The summed E-state index contributed by atoms with van der Waals surface area (Å²) >= 11 is 0. The van der Waals surface area contributed by atoms with Crippen molar-refractivity contribution in [3.8, 4) is 0 Å². The van der Waals surface area contributed by atoms with Crippen LogP contribution in [0.2, 0.25) is 0 Å². The number of esters is 3.